The fraction of sp³-hybridized carbons (Fsp3) is 0.150. The second-order valence-corrected chi connectivity index (χ2v) is 6.00. The first-order valence-electron chi connectivity index (χ1n) is 8.18. The number of carbonyl (C=O) groups is 1. The van der Waals surface area contributed by atoms with Gasteiger partial charge in [-0.05, 0) is 35.4 Å². The van der Waals surface area contributed by atoms with Crippen molar-refractivity contribution in [2.45, 2.75) is 19.2 Å². The second-order valence-electron chi connectivity index (χ2n) is 6.00. The monoisotopic (exact) mass is 390 g/mol. The van der Waals surface area contributed by atoms with Crippen LogP contribution in [0, 0.1) is 5.82 Å². The number of hydrogen-bond acceptors (Lipinski definition) is 4. The highest BCUT2D eigenvalue weighted by atomic mass is 19.4. The number of ether oxygens (including phenoxy) is 1. The van der Waals surface area contributed by atoms with Gasteiger partial charge >= 0.3 is 12.1 Å². The van der Waals surface area contributed by atoms with Crippen LogP contribution in [0.15, 0.2) is 61.2 Å². The number of rotatable bonds is 5. The number of halogens is 4. The molecule has 8 heteroatoms. The van der Waals surface area contributed by atoms with E-state index in [2.05, 4.69) is 9.97 Å². The number of hydrogen-bond donors (Lipinski definition) is 0. The third kappa shape index (κ3) is 5.12. The Morgan fingerprint density at radius 2 is 1.82 bits per heavy atom. The third-order valence-electron chi connectivity index (χ3n) is 3.84. The zero-order valence-electron chi connectivity index (χ0n) is 14.4. The Kier molecular flexibility index (Phi) is 5.67. The molecule has 3 aromatic rings. The summed E-state index contributed by atoms with van der Waals surface area (Å²) in [4.78, 5) is 19.8. The van der Waals surface area contributed by atoms with Crippen LogP contribution < -0.4 is 0 Å². The fourth-order valence-corrected chi connectivity index (χ4v) is 2.53. The van der Waals surface area contributed by atoms with Gasteiger partial charge < -0.3 is 4.74 Å². The van der Waals surface area contributed by atoms with Crippen LogP contribution in [0.1, 0.15) is 21.5 Å². The average Bonchev–Trinajstić information content (AvgIpc) is 2.67. The van der Waals surface area contributed by atoms with E-state index >= 15 is 0 Å². The molecule has 0 radical (unpaired) electrons. The standard InChI is InChI=1S/C20H14F4N2O2/c21-18-7-14(3-4-15(18)8-20(22,23)24)17-6-13(9-26-11-17)12-28-19(27)16-2-1-5-25-10-16/h1-7,9-11H,8,12H2. The summed E-state index contributed by atoms with van der Waals surface area (Å²) >= 11 is 0. The highest BCUT2D eigenvalue weighted by Gasteiger charge is 2.29. The van der Waals surface area contributed by atoms with Crippen molar-refractivity contribution in [3.8, 4) is 11.1 Å². The highest BCUT2D eigenvalue weighted by molar-refractivity contribution is 5.88. The highest BCUT2D eigenvalue weighted by Crippen LogP contribution is 2.27. The van der Waals surface area contributed by atoms with Crippen molar-refractivity contribution in [1.29, 1.82) is 0 Å². The number of aromatic nitrogens is 2. The molecule has 0 amide bonds. The van der Waals surface area contributed by atoms with Gasteiger partial charge in [0.1, 0.15) is 12.4 Å². The topological polar surface area (TPSA) is 52.1 Å². The van der Waals surface area contributed by atoms with E-state index in [1.54, 1.807) is 18.2 Å². The molecule has 0 bridgehead atoms. The van der Waals surface area contributed by atoms with E-state index in [0.29, 0.717) is 22.3 Å². The second kappa shape index (κ2) is 8.16. The first-order chi connectivity index (χ1) is 13.3. The molecule has 1 aromatic carbocycles. The van der Waals surface area contributed by atoms with Gasteiger partial charge in [-0.1, -0.05) is 12.1 Å². The maximum Gasteiger partial charge on any atom is 0.393 e. The Bertz CT molecular complexity index is 975. The molecule has 2 heterocycles. The van der Waals surface area contributed by atoms with E-state index in [1.165, 1.54) is 30.9 Å². The first kappa shape index (κ1) is 19.5. The quantitative estimate of drug-likeness (QED) is 0.466. The van der Waals surface area contributed by atoms with Gasteiger partial charge in [-0.25, -0.2) is 9.18 Å². The van der Waals surface area contributed by atoms with Gasteiger partial charge in [-0.15, -0.1) is 0 Å². The Labute approximate surface area is 157 Å². The lowest BCUT2D eigenvalue weighted by molar-refractivity contribution is -0.127. The number of carbonyl (C=O) groups excluding carboxylic acids is 1. The zero-order valence-corrected chi connectivity index (χ0v) is 14.4. The van der Waals surface area contributed by atoms with Crippen molar-refractivity contribution in [2.24, 2.45) is 0 Å². The molecular weight excluding hydrogens is 376 g/mol. The van der Waals surface area contributed by atoms with E-state index in [1.807, 2.05) is 0 Å². The van der Waals surface area contributed by atoms with E-state index in [9.17, 15) is 22.4 Å². The molecule has 0 aliphatic rings. The fourth-order valence-electron chi connectivity index (χ4n) is 2.53. The molecule has 28 heavy (non-hydrogen) atoms. The maximum absolute atomic E-state index is 14.0. The summed E-state index contributed by atoms with van der Waals surface area (Å²) in [7, 11) is 0. The van der Waals surface area contributed by atoms with E-state index in [4.69, 9.17) is 4.74 Å². The van der Waals surface area contributed by atoms with Crippen molar-refractivity contribution in [2.75, 3.05) is 0 Å². The van der Waals surface area contributed by atoms with Crippen LogP contribution >= 0.6 is 0 Å². The Balaban J connectivity index is 1.72. The predicted molar refractivity (Wildman–Crippen MR) is 92.7 cm³/mol. The molecule has 0 aliphatic heterocycles. The molecule has 0 unspecified atom stereocenters. The van der Waals surface area contributed by atoms with Gasteiger partial charge in [0.2, 0.25) is 0 Å². The third-order valence-corrected chi connectivity index (χ3v) is 3.84. The van der Waals surface area contributed by atoms with Gasteiger partial charge in [0.25, 0.3) is 0 Å². The molecule has 0 saturated heterocycles. The molecule has 0 aliphatic carbocycles. The zero-order chi connectivity index (χ0) is 20.1. The molecule has 0 N–H and O–H groups in total. The predicted octanol–water partition coefficient (Wildman–Crippen LogP) is 4.74. The van der Waals surface area contributed by atoms with Gasteiger partial charge in [0.15, 0.2) is 0 Å². The molecule has 0 spiro atoms. The molecule has 0 atom stereocenters. The van der Waals surface area contributed by atoms with Crippen molar-refractivity contribution in [1.82, 2.24) is 9.97 Å². The molecule has 2 aromatic heterocycles. The van der Waals surface area contributed by atoms with Crippen molar-refractivity contribution < 1.29 is 27.1 Å². The van der Waals surface area contributed by atoms with Gasteiger partial charge in [-0.3, -0.25) is 9.97 Å². The lowest BCUT2D eigenvalue weighted by Gasteiger charge is -2.10. The number of alkyl halides is 3. The van der Waals surface area contributed by atoms with Crippen LogP contribution in [-0.2, 0) is 17.8 Å². The van der Waals surface area contributed by atoms with E-state index in [0.717, 1.165) is 12.1 Å². The summed E-state index contributed by atoms with van der Waals surface area (Å²) in [5.41, 5.74) is 1.29. The van der Waals surface area contributed by atoms with Gasteiger partial charge in [0.05, 0.1) is 12.0 Å². The number of pyridine rings is 2. The molecule has 0 fully saturated rings. The number of benzene rings is 1. The van der Waals surface area contributed by atoms with Crippen LogP contribution in [0.4, 0.5) is 17.6 Å². The summed E-state index contributed by atoms with van der Waals surface area (Å²) in [6, 6.07) is 8.33. The van der Waals surface area contributed by atoms with Crippen LogP contribution in [-0.4, -0.2) is 22.1 Å². The number of esters is 1. The van der Waals surface area contributed by atoms with E-state index in [-0.39, 0.29) is 6.61 Å². The summed E-state index contributed by atoms with van der Waals surface area (Å²) in [6.07, 6.45) is 0.0221. The molecule has 4 nitrogen and oxygen atoms in total. The first-order valence-corrected chi connectivity index (χ1v) is 8.18. The summed E-state index contributed by atoms with van der Waals surface area (Å²) in [6.45, 7) is -0.0663. The van der Waals surface area contributed by atoms with Crippen molar-refractivity contribution in [3.05, 3.63) is 83.7 Å². The van der Waals surface area contributed by atoms with Gasteiger partial charge in [-0.2, -0.15) is 13.2 Å². The molecular formula is C20H14F4N2O2. The minimum Gasteiger partial charge on any atom is -0.457 e. The van der Waals surface area contributed by atoms with Crippen LogP contribution in [0.25, 0.3) is 11.1 Å². The maximum atomic E-state index is 14.0. The van der Waals surface area contributed by atoms with E-state index < -0.39 is 29.9 Å². The molecule has 0 saturated carbocycles. The molecule has 3 rings (SSSR count). The van der Waals surface area contributed by atoms with Crippen LogP contribution in [0.2, 0.25) is 0 Å². The Morgan fingerprint density at radius 3 is 2.50 bits per heavy atom. The lowest BCUT2D eigenvalue weighted by Crippen LogP contribution is -2.12. The Morgan fingerprint density at radius 1 is 1.00 bits per heavy atom. The average molecular weight is 390 g/mol. The summed E-state index contributed by atoms with van der Waals surface area (Å²) in [5.74, 6) is -1.50. The smallest absolute Gasteiger partial charge is 0.393 e. The van der Waals surface area contributed by atoms with Gasteiger partial charge in [0, 0.05) is 35.9 Å². The number of nitrogens with zero attached hydrogens (tertiary/aromatic N) is 2. The largest absolute Gasteiger partial charge is 0.457 e. The van der Waals surface area contributed by atoms with Crippen LogP contribution in [0.3, 0.4) is 0 Å². The van der Waals surface area contributed by atoms with Crippen molar-refractivity contribution in [3.63, 3.8) is 0 Å². The summed E-state index contributed by atoms with van der Waals surface area (Å²) < 4.78 is 56.5. The van der Waals surface area contributed by atoms with Crippen LogP contribution in [0.5, 0.6) is 0 Å². The molecule has 144 valence electrons. The van der Waals surface area contributed by atoms with Crippen molar-refractivity contribution >= 4 is 5.97 Å². The summed E-state index contributed by atoms with van der Waals surface area (Å²) in [5, 5.41) is 0. The minimum absolute atomic E-state index is 0.0663. The lowest BCUT2D eigenvalue weighted by atomic mass is 10.0. The normalized spacial score (nSPS) is 11.3. The Hall–Kier alpha value is -3.29. The SMILES string of the molecule is O=C(OCc1cncc(-c2ccc(CC(F)(F)F)c(F)c2)c1)c1cccnc1. The minimum atomic E-state index is -4.48.